The molecule has 0 aromatic rings. The van der Waals surface area contributed by atoms with Crippen molar-refractivity contribution >= 4 is 11.9 Å². The number of fused-ring (bicyclic) bond motifs is 10. The number of rotatable bonds is 28. The summed E-state index contributed by atoms with van der Waals surface area (Å²) in [6, 6.07) is 0. The maximum atomic E-state index is 13.0. The molecule has 454 valence electrons. The van der Waals surface area contributed by atoms with Gasteiger partial charge in [-0.25, -0.2) is 0 Å². The van der Waals surface area contributed by atoms with Crippen molar-refractivity contribution < 1.29 is 19.1 Å². The van der Waals surface area contributed by atoms with Crippen LogP contribution in [0.4, 0.5) is 0 Å². The minimum Gasteiger partial charge on any atom is -0.462 e. The van der Waals surface area contributed by atoms with Crippen molar-refractivity contribution in [3.05, 3.63) is 0 Å². The van der Waals surface area contributed by atoms with Gasteiger partial charge in [0.1, 0.15) is 12.2 Å². The third-order valence-electron chi connectivity index (χ3n) is 26.3. The summed E-state index contributed by atoms with van der Waals surface area (Å²) in [5, 5.41) is 0. The maximum absolute atomic E-state index is 13.0. The summed E-state index contributed by atoms with van der Waals surface area (Å²) in [7, 11) is 0. The van der Waals surface area contributed by atoms with Crippen LogP contribution in [0.5, 0.6) is 0 Å². The number of carbonyl (C=O) groups excluding carboxylic acids is 2. The molecule has 0 aliphatic heterocycles. The molecular formula is C76H126O4. The maximum Gasteiger partial charge on any atom is 0.306 e. The lowest BCUT2D eigenvalue weighted by atomic mass is 9.44. The molecule has 8 aliphatic carbocycles. The third-order valence-corrected chi connectivity index (χ3v) is 26.3. The van der Waals surface area contributed by atoms with Gasteiger partial charge in [0.15, 0.2) is 0 Å². The number of hydrogen-bond acceptors (Lipinski definition) is 4. The van der Waals surface area contributed by atoms with Crippen LogP contribution in [0.15, 0.2) is 0 Å². The van der Waals surface area contributed by atoms with Crippen LogP contribution in [0, 0.1) is 128 Å². The first-order valence-electron chi connectivity index (χ1n) is 35.8. The number of hydrogen-bond donors (Lipinski definition) is 0. The molecule has 8 fully saturated rings. The van der Waals surface area contributed by atoms with Gasteiger partial charge in [0.2, 0.25) is 0 Å². The summed E-state index contributed by atoms with van der Waals surface area (Å²) < 4.78 is 12.4. The van der Waals surface area contributed by atoms with Crippen molar-refractivity contribution in [2.45, 2.75) is 338 Å². The van der Waals surface area contributed by atoms with E-state index in [-0.39, 0.29) is 24.1 Å². The fraction of sp³-hybridized carbons (Fsp3) is 0.921. The fourth-order valence-corrected chi connectivity index (χ4v) is 21.8. The predicted molar refractivity (Wildman–Crippen MR) is 335 cm³/mol. The van der Waals surface area contributed by atoms with E-state index in [4.69, 9.17) is 9.47 Å². The van der Waals surface area contributed by atoms with Crippen LogP contribution < -0.4 is 0 Å². The highest BCUT2D eigenvalue weighted by atomic mass is 16.5. The van der Waals surface area contributed by atoms with Crippen molar-refractivity contribution in [2.75, 3.05) is 0 Å². The van der Waals surface area contributed by atoms with Crippen molar-refractivity contribution in [1.29, 1.82) is 0 Å². The van der Waals surface area contributed by atoms with E-state index in [1.807, 2.05) is 0 Å². The van der Waals surface area contributed by atoms with Crippen LogP contribution in [0.1, 0.15) is 326 Å². The molecule has 0 amide bonds. The molecule has 0 heterocycles. The van der Waals surface area contributed by atoms with E-state index < -0.39 is 0 Å². The molecule has 0 bridgehead atoms. The molecule has 80 heavy (non-hydrogen) atoms. The zero-order chi connectivity index (χ0) is 56.9. The van der Waals surface area contributed by atoms with Gasteiger partial charge in [-0.05, 0) is 258 Å². The molecule has 2 unspecified atom stereocenters. The molecule has 8 saturated carbocycles. The molecule has 0 aromatic heterocycles. The van der Waals surface area contributed by atoms with Crippen LogP contribution in [-0.4, -0.2) is 24.1 Å². The van der Waals surface area contributed by atoms with Crippen LogP contribution >= 0.6 is 0 Å². The monoisotopic (exact) mass is 1100 g/mol. The molecule has 0 spiro atoms. The van der Waals surface area contributed by atoms with Gasteiger partial charge in [0, 0.05) is 25.7 Å². The molecule has 0 radical (unpaired) electrons. The van der Waals surface area contributed by atoms with Gasteiger partial charge in [0.05, 0.1) is 0 Å². The highest BCUT2D eigenvalue weighted by molar-refractivity contribution is 5.69. The summed E-state index contributed by atoms with van der Waals surface area (Å²) in [5.41, 5.74) is 2.01. The Labute approximate surface area is 495 Å². The summed E-state index contributed by atoms with van der Waals surface area (Å²) in [6.45, 7) is 25.5. The van der Waals surface area contributed by atoms with E-state index >= 15 is 0 Å². The lowest BCUT2D eigenvalue weighted by molar-refractivity contribution is -0.163. The first-order chi connectivity index (χ1) is 38.5. The lowest BCUT2D eigenvalue weighted by Gasteiger charge is -2.61. The Kier molecular flexibility index (Phi) is 24.0. The SMILES string of the molecule is CC(C)CCC[C@@H](C)[C@H]1CC[C@H]2[C@@H]3CCC4C[C@@H](OC(=O)CCCCCCCCC#CC#CCCCCCCCCC(=O)O[C@H]5CC[C@@]6(C)C(CC[C@H]7[C@@H]8CC[C@H]([C@H](C)CCCC(C)C)[C@@]8(C)CC[C@@H]76)C5)CC[C@]4(C)[C@H]3CC[C@]12C. The molecule has 4 nitrogen and oxygen atoms in total. The highest BCUT2D eigenvalue weighted by Crippen LogP contribution is 2.70. The van der Waals surface area contributed by atoms with Crippen LogP contribution in [0.25, 0.3) is 0 Å². The predicted octanol–water partition coefficient (Wildman–Crippen LogP) is 21.3. The fourth-order valence-electron chi connectivity index (χ4n) is 21.8. The van der Waals surface area contributed by atoms with Crippen LogP contribution in [-0.2, 0) is 19.1 Å². The normalized spacial score (nSPS) is 37.8. The molecule has 8 aliphatic rings. The number of ether oxygens (including phenoxy) is 2. The van der Waals surface area contributed by atoms with Crippen molar-refractivity contribution in [1.82, 2.24) is 0 Å². The van der Waals surface area contributed by atoms with Crippen LogP contribution in [0.3, 0.4) is 0 Å². The number of esters is 2. The first-order valence-corrected chi connectivity index (χ1v) is 35.8. The summed E-state index contributed by atoms with van der Waals surface area (Å²) >= 11 is 0. The Hall–Kier alpha value is -1.94. The summed E-state index contributed by atoms with van der Waals surface area (Å²) in [4.78, 5) is 26.0. The first kappa shape index (κ1) is 64.1. The molecular weight excluding hydrogens is 977 g/mol. The summed E-state index contributed by atoms with van der Waals surface area (Å²) in [5.74, 6) is 25.1. The van der Waals surface area contributed by atoms with Gasteiger partial charge < -0.3 is 9.47 Å². The Morgan fingerprint density at radius 3 is 1.16 bits per heavy atom. The highest BCUT2D eigenvalue weighted by Gasteiger charge is 2.62. The van der Waals surface area contributed by atoms with E-state index in [0.717, 1.165) is 160 Å². The van der Waals surface area contributed by atoms with Gasteiger partial charge in [-0.1, -0.05) is 171 Å². The second-order valence-corrected chi connectivity index (χ2v) is 32.0. The van der Waals surface area contributed by atoms with Crippen molar-refractivity contribution in [3.8, 4) is 23.7 Å². The Morgan fingerprint density at radius 1 is 0.400 bits per heavy atom. The largest absolute Gasteiger partial charge is 0.462 e. The minimum absolute atomic E-state index is 0.0556. The van der Waals surface area contributed by atoms with Gasteiger partial charge in [-0.3, -0.25) is 9.59 Å². The average Bonchev–Trinajstić information content (AvgIpc) is 4.16. The van der Waals surface area contributed by atoms with Gasteiger partial charge in [0.25, 0.3) is 0 Å². The number of unbranched alkanes of at least 4 members (excludes halogenated alkanes) is 12. The average molecular weight is 1100 g/mol. The van der Waals surface area contributed by atoms with Gasteiger partial charge in [-0.2, -0.15) is 0 Å². The molecule has 4 heteroatoms. The Bertz CT molecular complexity index is 1900. The van der Waals surface area contributed by atoms with Crippen molar-refractivity contribution in [3.63, 3.8) is 0 Å². The Morgan fingerprint density at radius 2 is 0.762 bits per heavy atom. The van der Waals surface area contributed by atoms with Gasteiger partial charge in [-0.15, -0.1) is 0 Å². The van der Waals surface area contributed by atoms with Crippen LogP contribution in [0.2, 0.25) is 0 Å². The lowest BCUT2D eigenvalue weighted by Crippen LogP contribution is -2.54. The standard InChI is InChI=1S/C76H126O4/c1-55(2)31-29-33-57(5)65-41-43-67-63-39-37-59-53-61(45-49-73(59,7)69(63)47-51-75(65,67)9)79-71(77)35-27-25-23-21-19-17-15-13-11-12-14-16-18-20-22-24-26-28-36-72(78)80-62-46-50-74(8)60(54-62)38-40-64-68-44-42-66(58(6)34-30-32-56(3)4)76(68,10)52-48-70(64)74/h55-70H,15-54H2,1-10H3/t57-,58-,59?,60?,61+,62+,63+,64+,65-,66-,67+,68+,69+,70+,73+,74+,75-,76-/m1/s1. The zero-order valence-electron chi connectivity index (χ0n) is 54.2. The molecule has 0 N–H and O–H groups in total. The quantitative estimate of drug-likeness (QED) is 0.0445. The molecule has 0 saturated heterocycles. The Balaban J connectivity index is 0.591. The third kappa shape index (κ3) is 15.7. The number of carbonyl (C=O) groups is 2. The van der Waals surface area contributed by atoms with E-state index in [1.165, 1.54) is 167 Å². The van der Waals surface area contributed by atoms with E-state index in [2.05, 4.69) is 92.9 Å². The topological polar surface area (TPSA) is 52.6 Å². The van der Waals surface area contributed by atoms with E-state index in [0.29, 0.717) is 34.5 Å². The zero-order valence-corrected chi connectivity index (χ0v) is 54.2. The molecule has 0 aromatic carbocycles. The smallest absolute Gasteiger partial charge is 0.306 e. The van der Waals surface area contributed by atoms with Crippen molar-refractivity contribution in [2.24, 2.45) is 105 Å². The summed E-state index contributed by atoms with van der Waals surface area (Å²) in [6.07, 6.45) is 49.6. The van der Waals surface area contributed by atoms with Gasteiger partial charge >= 0.3 is 11.9 Å². The second kappa shape index (κ2) is 29.9. The molecule has 18 atom stereocenters. The van der Waals surface area contributed by atoms with E-state index in [9.17, 15) is 9.59 Å². The molecule has 8 rings (SSSR count). The minimum atomic E-state index is 0.0556. The van der Waals surface area contributed by atoms with E-state index in [1.54, 1.807) is 0 Å². The second-order valence-electron chi connectivity index (χ2n) is 32.0.